The van der Waals surface area contributed by atoms with Gasteiger partial charge < -0.3 is 15.0 Å². The molecule has 0 aliphatic rings. The van der Waals surface area contributed by atoms with Gasteiger partial charge in [0.1, 0.15) is 17.6 Å². The van der Waals surface area contributed by atoms with E-state index in [1.165, 1.54) is 0 Å². The van der Waals surface area contributed by atoms with Crippen LogP contribution in [0, 0.1) is 17.2 Å². The molecule has 0 aliphatic carbocycles. The number of anilines is 2. The minimum atomic E-state index is -0.732. The van der Waals surface area contributed by atoms with Crippen LogP contribution in [0.15, 0.2) is 42.6 Å². The van der Waals surface area contributed by atoms with Crippen molar-refractivity contribution in [2.45, 2.75) is 20.0 Å². The van der Waals surface area contributed by atoms with Crippen LogP contribution in [0.2, 0.25) is 0 Å². The average molecular weight is 338 g/mol. The number of hydrogen-bond acceptors (Lipinski definition) is 5. The minimum absolute atomic E-state index is 0.0761. The number of para-hydroxylation sites is 1. The fourth-order valence-electron chi connectivity index (χ4n) is 2.21. The van der Waals surface area contributed by atoms with Gasteiger partial charge in [0.05, 0.1) is 17.4 Å². The Kier molecular flexibility index (Phi) is 5.96. The lowest BCUT2D eigenvalue weighted by atomic mass is 10.1. The van der Waals surface area contributed by atoms with Crippen LogP contribution in [-0.4, -0.2) is 31.1 Å². The van der Waals surface area contributed by atoms with Gasteiger partial charge in [-0.3, -0.25) is 4.79 Å². The van der Waals surface area contributed by atoms with Crippen LogP contribution in [0.4, 0.5) is 11.5 Å². The first kappa shape index (κ1) is 18.3. The number of ether oxygens (including phenoxy) is 1. The fourth-order valence-corrected chi connectivity index (χ4v) is 2.21. The van der Waals surface area contributed by atoms with Crippen LogP contribution >= 0.6 is 0 Å². The Hall–Kier alpha value is -3.07. The van der Waals surface area contributed by atoms with Crippen molar-refractivity contribution in [2.24, 2.45) is 5.92 Å². The number of carbonyl (C=O) groups is 1. The first-order valence-electron chi connectivity index (χ1n) is 8.02. The summed E-state index contributed by atoms with van der Waals surface area (Å²) in [6.07, 6.45) is 0.955. The molecule has 0 unspecified atom stereocenters. The zero-order chi connectivity index (χ0) is 18.4. The van der Waals surface area contributed by atoms with Crippen molar-refractivity contribution in [3.8, 4) is 11.8 Å². The highest BCUT2D eigenvalue weighted by molar-refractivity contribution is 5.93. The van der Waals surface area contributed by atoms with Crippen molar-refractivity contribution in [2.75, 3.05) is 24.3 Å². The standard InChI is InChI=1S/C19H22N4O2/c1-13(2)18(25-16-8-6-5-7-14(16)11-20)19(24)22-17-10-9-15(12-21-17)23(3)4/h5-10,12-13,18H,1-4H3,(H,21,22,24)/t18-/m1/s1. The largest absolute Gasteiger partial charge is 0.479 e. The molecule has 1 aromatic carbocycles. The molecular weight excluding hydrogens is 316 g/mol. The number of pyridine rings is 1. The number of aromatic nitrogens is 1. The number of rotatable bonds is 6. The molecule has 1 amide bonds. The molecule has 0 fully saturated rings. The number of nitriles is 1. The van der Waals surface area contributed by atoms with E-state index < -0.39 is 6.10 Å². The van der Waals surface area contributed by atoms with Gasteiger partial charge in [-0.2, -0.15) is 5.26 Å². The van der Waals surface area contributed by atoms with E-state index in [-0.39, 0.29) is 11.8 Å². The van der Waals surface area contributed by atoms with E-state index >= 15 is 0 Å². The molecule has 25 heavy (non-hydrogen) atoms. The van der Waals surface area contributed by atoms with Gasteiger partial charge in [-0.25, -0.2) is 4.98 Å². The van der Waals surface area contributed by atoms with Crippen LogP contribution in [0.1, 0.15) is 19.4 Å². The molecule has 1 atom stereocenters. The minimum Gasteiger partial charge on any atom is -0.479 e. The van der Waals surface area contributed by atoms with E-state index in [2.05, 4.69) is 16.4 Å². The quantitative estimate of drug-likeness (QED) is 0.876. The molecule has 1 aromatic heterocycles. The summed E-state index contributed by atoms with van der Waals surface area (Å²) in [6, 6.07) is 12.6. The van der Waals surface area contributed by atoms with Gasteiger partial charge in [0.25, 0.3) is 5.91 Å². The molecule has 0 spiro atoms. The van der Waals surface area contributed by atoms with Gasteiger partial charge in [-0.05, 0) is 30.2 Å². The molecule has 130 valence electrons. The number of amides is 1. The first-order valence-corrected chi connectivity index (χ1v) is 8.02. The monoisotopic (exact) mass is 338 g/mol. The first-order chi connectivity index (χ1) is 11.9. The van der Waals surface area contributed by atoms with Gasteiger partial charge >= 0.3 is 0 Å². The molecule has 6 heteroatoms. The molecule has 0 saturated carbocycles. The second kappa shape index (κ2) is 8.15. The highest BCUT2D eigenvalue weighted by atomic mass is 16.5. The Balaban J connectivity index is 2.14. The van der Waals surface area contributed by atoms with E-state index in [1.807, 2.05) is 38.9 Å². The lowest BCUT2D eigenvalue weighted by Crippen LogP contribution is -2.37. The third-order valence-corrected chi connectivity index (χ3v) is 3.64. The van der Waals surface area contributed by atoms with Gasteiger partial charge in [0, 0.05) is 14.1 Å². The van der Waals surface area contributed by atoms with Crippen molar-refractivity contribution in [3.05, 3.63) is 48.2 Å². The summed E-state index contributed by atoms with van der Waals surface area (Å²) >= 11 is 0. The normalized spacial score (nSPS) is 11.5. The van der Waals surface area contributed by atoms with E-state index in [0.717, 1.165) is 5.69 Å². The lowest BCUT2D eigenvalue weighted by Gasteiger charge is -2.22. The molecule has 2 rings (SSSR count). The van der Waals surface area contributed by atoms with Gasteiger partial charge in [-0.15, -0.1) is 0 Å². The Labute approximate surface area is 148 Å². The number of hydrogen-bond donors (Lipinski definition) is 1. The summed E-state index contributed by atoms with van der Waals surface area (Å²) in [6.45, 7) is 3.78. The number of nitrogens with one attached hydrogen (secondary N) is 1. The molecule has 0 aliphatic heterocycles. The maximum atomic E-state index is 12.6. The summed E-state index contributed by atoms with van der Waals surface area (Å²) in [4.78, 5) is 18.8. The van der Waals surface area contributed by atoms with Gasteiger partial charge in [-0.1, -0.05) is 26.0 Å². The molecule has 6 nitrogen and oxygen atoms in total. The third kappa shape index (κ3) is 4.70. The molecule has 2 aromatic rings. The Morgan fingerprint density at radius 2 is 1.96 bits per heavy atom. The zero-order valence-corrected chi connectivity index (χ0v) is 14.9. The third-order valence-electron chi connectivity index (χ3n) is 3.64. The van der Waals surface area contributed by atoms with E-state index in [0.29, 0.717) is 17.1 Å². The summed E-state index contributed by atoms with van der Waals surface area (Å²) < 4.78 is 5.82. The van der Waals surface area contributed by atoms with Crippen molar-refractivity contribution in [1.29, 1.82) is 5.26 Å². The molecule has 1 N–H and O–H groups in total. The van der Waals surface area contributed by atoms with E-state index in [1.54, 1.807) is 36.5 Å². The second-order valence-corrected chi connectivity index (χ2v) is 6.18. The highest BCUT2D eigenvalue weighted by Crippen LogP contribution is 2.21. The number of nitrogens with zero attached hydrogens (tertiary/aromatic N) is 3. The highest BCUT2D eigenvalue weighted by Gasteiger charge is 2.25. The molecular formula is C19H22N4O2. The van der Waals surface area contributed by atoms with E-state index in [9.17, 15) is 4.79 Å². The zero-order valence-electron chi connectivity index (χ0n) is 14.9. The van der Waals surface area contributed by atoms with Crippen molar-refractivity contribution >= 4 is 17.4 Å². The van der Waals surface area contributed by atoms with Gasteiger partial charge in [0.2, 0.25) is 0 Å². The van der Waals surface area contributed by atoms with Gasteiger partial charge in [0.15, 0.2) is 6.10 Å². The average Bonchev–Trinajstić information content (AvgIpc) is 2.60. The summed E-state index contributed by atoms with van der Waals surface area (Å²) in [5.74, 6) is 0.480. The summed E-state index contributed by atoms with van der Waals surface area (Å²) in [5, 5.41) is 11.9. The SMILES string of the molecule is CC(C)[C@@H](Oc1ccccc1C#N)C(=O)Nc1ccc(N(C)C)cn1. The maximum Gasteiger partial charge on any atom is 0.266 e. The van der Waals surface area contributed by atoms with Crippen molar-refractivity contribution in [1.82, 2.24) is 4.98 Å². The van der Waals surface area contributed by atoms with Crippen LogP contribution in [-0.2, 0) is 4.79 Å². The fraction of sp³-hybridized carbons (Fsp3) is 0.316. The van der Waals surface area contributed by atoms with Crippen LogP contribution in [0.3, 0.4) is 0 Å². The second-order valence-electron chi connectivity index (χ2n) is 6.18. The predicted molar refractivity (Wildman–Crippen MR) is 97.6 cm³/mol. The van der Waals surface area contributed by atoms with Crippen molar-refractivity contribution in [3.63, 3.8) is 0 Å². The van der Waals surface area contributed by atoms with Crippen molar-refractivity contribution < 1.29 is 9.53 Å². The number of carbonyl (C=O) groups excluding carboxylic acids is 1. The molecule has 0 saturated heterocycles. The predicted octanol–water partition coefficient (Wildman–Crippen LogP) is 3.06. The smallest absolute Gasteiger partial charge is 0.266 e. The molecule has 0 radical (unpaired) electrons. The number of benzene rings is 1. The Morgan fingerprint density at radius 1 is 1.24 bits per heavy atom. The van der Waals surface area contributed by atoms with Crippen LogP contribution in [0.25, 0.3) is 0 Å². The molecule has 1 heterocycles. The molecule has 0 bridgehead atoms. The summed E-state index contributed by atoms with van der Waals surface area (Å²) in [7, 11) is 3.84. The topological polar surface area (TPSA) is 78.2 Å². The van der Waals surface area contributed by atoms with E-state index in [4.69, 9.17) is 10.00 Å². The Bertz CT molecular complexity index is 764. The summed E-state index contributed by atoms with van der Waals surface area (Å²) in [5.41, 5.74) is 1.34. The lowest BCUT2D eigenvalue weighted by molar-refractivity contribution is -0.124. The Morgan fingerprint density at radius 3 is 2.52 bits per heavy atom. The maximum absolute atomic E-state index is 12.6. The van der Waals surface area contributed by atoms with Crippen LogP contribution < -0.4 is 15.0 Å². The van der Waals surface area contributed by atoms with Crippen LogP contribution in [0.5, 0.6) is 5.75 Å².